The van der Waals surface area contributed by atoms with Crippen LogP contribution >= 0.6 is 0 Å². The number of nitrogens with zero attached hydrogens (tertiary/aromatic N) is 1. The number of carbonyl (C=O) groups is 1. The van der Waals surface area contributed by atoms with Gasteiger partial charge in [0.15, 0.2) is 5.82 Å². The van der Waals surface area contributed by atoms with E-state index >= 15 is 0 Å². The summed E-state index contributed by atoms with van der Waals surface area (Å²) in [7, 11) is 1.58. The Morgan fingerprint density at radius 3 is 2.92 bits per heavy atom. The normalized spacial score (nSPS) is 10.5. The van der Waals surface area contributed by atoms with Gasteiger partial charge in [0.05, 0.1) is 18.0 Å². The Labute approximate surface area is 137 Å². The lowest BCUT2D eigenvalue weighted by atomic mass is 10.2. The number of amides is 1. The highest BCUT2D eigenvalue weighted by Crippen LogP contribution is 2.13. The highest BCUT2D eigenvalue weighted by molar-refractivity contribution is 5.92. The number of ether oxygens (including phenoxy) is 1. The zero-order valence-electron chi connectivity index (χ0n) is 13.0. The lowest BCUT2D eigenvalue weighted by Crippen LogP contribution is -2.27. The maximum Gasteiger partial charge on any atom is 0.287 e. The number of anilines is 1. The van der Waals surface area contributed by atoms with E-state index in [0.29, 0.717) is 28.9 Å². The molecule has 0 saturated carbocycles. The summed E-state index contributed by atoms with van der Waals surface area (Å²) < 4.78 is 5.14. The first-order chi connectivity index (χ1) is 11.6. The molecule has 3 rings (SSSR count). The average Bonchev–Trinajstić information content (AvgIpc) is 2.60. The van der Waals surface area contributed by atoms with E-state index in [1.165, 1.54) is 6.07 Å². The van der Waals surface area contributed by atoms with Crippen molar-refractivity contribution in [2.75, 3.05) is 12.8 Å². The number of nitrogens with two attached hydrogens (primary N) is 1. The minimum absolute atomic E-state index is 0.0415. The molecular formula is C17H16N4O3. The second-order valence-corrected chi connectivity index (χ2v) is 5.23. The zero-order chi connectivity index (χ0) is 17.1. The summed E-state index contributed by atoms with van der Waals surface area (Å²) in [6.07, 6.45) is 0. The molecule has 122 valence electrons. The van der Waals surface area contributed by atoms with Gasteiger partial charge in [0, 0.05) is 12.2 Å². The molecule has 0 spiro atoms. The van der Waals surface area contributed by atoms with E-state index in [4.69, 9.17) is 10.5 Å². The van der Waals surface area contributed by atoms with Gasteiger partial charge >= 0.3 is 0 Å². The van der Waals surface area contributed by atoms with Gasteiger partial charge in [-0.2, -0.15) is 0 Å². The minimum Gasteiger partial charge on any atom is -0.497 e. The number of rotatable bonds is 4. The molecule has 1 heterocycles. The maximum atomic E-state index is 12.2. The lowest BCUT2D eigenvalue weighted by Gasteiger charge is -2.07. The van der Waals surface area contributed by atoms with E-state index in [0.717, 1.165) is 5.56 Å². The number of nitrogens with one attached hydrogen (secondary N) is 2. The summed E-state index contributed by atoms with van der Waals surface area (Å²) in [5, 5.41) is 3.06. The van der Waals surface area contributed by atoms with Crippen LogP contribution < -0.4 is 21.3 Å². The quantitative estimate of drug-likeness (QED) is 0.629. The standard InChI is InChI=1S/C17H16N4O3/c1-24-12-4-2-3-10(7-12)9-19-17(23)15-20-14-6-5-11(18)8-13(14)16(22)21-15/h2-8H,9,18H2,1H3,(H,19,23)(H,20,21,22). The van der Waals surface area contributed by atoms with Crippen LogP contribution in [0.3, 0.4) is 0 Å². The second-order valence-electron chi connectivity index (χ2n) is 5.23. The number of hydrogen-bond donors (Lipinski definition) is 3. The van der Waals surface area contributed by atoms with E-state index in [1.54, 1.807) is 19.2 Å². The number of hydrogen-bond acceptors (Lipinski definition) is 5. The van der Waals surface area contributed by atoms with Crippen LogP contribution in [0.15, 0.2) is 47.3 Å². The minimum atomic E-state index is -0.464. The molecule has 2 aromatic carbocycles. The number of aromatic nitrogens is 2. The largest absolute Gasteiger partial charge is 0.497 e. The molecule has 24 heavy (non-hydrogen) atoms. The van der Waals surface area contributed by atoms with Crippen molar-refractivity contribution in [3.8, 4) is 5.75 Å². The van der Waals surface area contributed by atoms with Crippen LogP contribution in [0.2, 0.25) is 0 Å². The Morgan fingerprint density at radius 2 is 2.12 bits per heavy atom. The van der Waals surface area contributed by atoms with E-state index in [-0.39, 0.29) is 5.82 Å². The fourth-order valence-electron chi connectivity index (χ4n) is 2.31. The van der Waals surface area contributed by atoms with Crippen LogP contribution in [0, 0.1) is 0 Å². The summed E-state index contributed by atoms with van der Waals surface area (Å²) in [4.78, 5) is 31.0. The molecule has 3 aromatic rings. The van der Waals surface area contributed by atoms with Crippen molar-refractivity contribution in [3.05, 3.63) is 64.2 Å². The number of carbonyl (C=O) groups excluding carboxylic acids is 1. The molecule has 1 amide bonds. The topological polar surface area (TPSA) is 110 Å². The van der Waals surface area contributed by atoms with Crippen LogP contribution in [0.4, 0.5) is 5.69 Å². The van der Waals surface area contributed by atoms with Crippen LogP contribution in [-0.4, -0.2) is 23.0 Å². The lowest BCUT2D eigenvalue weighted by molar-refractivity contribution is 0.0940. The number of methoxy groups -OCH3 is 1. The molecule has 0 bridgehead atoms. The fourth-order valence-corrected chi connectivity index (χ4v) is 2.31. The van der Waals surface area contributed by atoms with Crippen molar-refractivity contribution in [1.29, 1.82) is 0 Å². The summed E-state index contributed by atoms with van der Waals surface area (Å²) >= 11 is 0. The number of H-pyrrole nitrogens is 1. The monoisotopic (exact) mass is 324 g/mol. The number of aromatic amines is 1. The summed E-state index contributed by atoms with van der Waals surface area (Å²) in [5.74, 6) is 0.199. The molecular weight excluding hydrogens is 308 g/mol. The van der Waals surface area contributed by atoms with E-state index in [2.05, 4.69) is 15.3 Å². The Hall–Kier alpha value is -3.35. The summed E-state index contributed by atoms with van der Waals surface area (Å²) in [6, 6.07) is 12.1. The fraction of sp³-hybridized carbons (Fsp3) is 0.118. The third kappa shape index (κ3) is 3.19. The van der Waals surface area contributed by atoms with Crippen LogP contribution in [-0.2, 0) is 6.54 Å². The van der Waals surface area contributed by atoms with E-state index in [1.807, 2.05) is 24.3 Å². The van der Waals surface area contributed by atoms with Crippen molar-refractivity contribution < 1.29 is 9.53 Å². The van der Waals surface area contributed by atoms with Gasteiger partial charge in [-0.25, -0.2) is 4.98 Å². The number of nitrogen functional groups attached to an aromatic ring is 1. The molecule has 0 aliphatic carbocycles. The Bertz CT molecular complexity index is 965. The molecule has 7 heteroatoms. The molecule has 0 unspecified atom stereocenters. The molecule has 0 saturated heterocycles. The van der Waals surface area contributed by atoms with Gasteiger partial charge < -0.3 is 20.8 Å². The van der Waals surface area contributed by atoms with Gasteiger partial charge in [-0.05, 0) is 35.9 Å². The molecule has 0 aliphatic heterocycles. The van der Waals surface area contributed by atoms with E-state index < -0.39 is 11.5 Å². The molecule has 0 atom stereocenters. The molecule has 7 nitrogen and oxygen atoms in total. The van der Waals surface area contributed by atoms with E-state index in [9.17, 15) is 9.59 Å². The molecule has 0 radical (unpaired) electrons. The van der Waals surface area contributed by atoms with Crippen molar-refractivity contribution in [1.82, 2.24) is 15.3 Å². The number of benzene rings is 2. The predicted molar refractivity (Wildman–Crippen MR) is 90.9 cm³/mol. The first kappa shape index (κ1) is 15.5. The van der Waals surface area contributed by atoms with Gasteiger partial charge in [-0.15, -0.1) is 0 Å². The molecule has 1 aromatic heterocycles. The first-order valence-corrected chi connectivity index (χ1v) is 7.27. The highest BCUT2D eigenvalue weighted by atomic mass is 16.5. The van der Waals surface area contributed by atoms with Gasteiger partial charge in [-0.3, -0.25) is 9.59 Å². The summed E-state index contributed by atoms with van der Waals surface area (Å²) in [5.41, 5.74) is 7.01. The third-order valence-corrected chi connectivity index (χ3v) is 3.53. The van der Waals surface area contributed by atoms with Crippen molar-refractivity contribution in [2.24, 2.45) is 0 Å². The van der Waals surface area contributed by atoms with Crippen LogP contribution in [0.5, 0.6) is 5.75 Å². The maximum absolute atomic E-state index is 12.2. The van der Waals surface area contributed by atoms with Crippen LogP contribution in [0.1, 0.15) is 16.2 Å². The first-order valence-electron chi connectivity index (χ1n) is 7.27. The summed E-state index contributed by atoms with van der Waals surface area (Å²) in [6.45, 7) is 0.291. The van der Waals surface area contributed by atoms with Crippen molar-refractivity contribution in [3.63, 3.8) is 0 Å². The Balaban J connectivity index is 1.81. The van der Waals surface area contributed by atoms with Gasteiger partial charge in [0.1, 0.15) is 5.75 Å². The Kier molecular flexibility index (Phi) is 4.15. The number of fused-ring (bicyclic) bond motifs is 1. The highest BCUT2D eigenvalue weighted by Gasteiger charge is 2.11. The zero-order valence-corrected chi connectivity index (χ0v) is 13.0. The molecule has 4 N–H and O–H groups in total. The third-order valence-electron chi connectivity index (χ3n) is 3.53. The Morgan fingerprint density at radius 1 is 1.29 bits per heavy atom. The molecule has 0 aliphatic rings. The SMILES string of the molecule is COc1cccc(CNC(=O)c2nc3ccc(N)cc3c(=O)[nH]2)c1. The van der Waals surface area contributed by atoms with Crippen LogP contribution in [0.25, 0.3) is 10.9 Å². The second kappa shape index (κ2) is 6.41. The van der Waals surface area contributed by atoms with Gasteiger partial charge in [-0.1, -0.05) is 12.1 Å². The van der Waals surface area contributed by atoms with Gasteiger partial charge in [0.2, 0.25) is 0 Å². The van der Waals surface area contributed by atoms with Gasteiger partial charge in [0.25, 0.3) is 11.5 Å². The predicted octanol–water partition coefficient (Wildman–Crippen LogP) is 1.44. The van der Waals surface area contributed by atoms with Crippen molar-refractivity contribution in [2.45, 2.75) is 6.54 Å². The van der Waals surface area contributed by atoms with Crippen molar-refractivity contribution >= 4 is 22.5 Å². The molecule has 0 fully saturated rings. The smallest absolute Gasteiger partial charge is 0.287 e. The average molecular weight is 324 g/mol.